The Morgan fingerprint density at radius 3 is 2.76 bits per heavy atom. The highest BCUT2D eigenvalue weighted by Gasteiger charge is 2.17. The SMILES string of the molecule is CCNCc1ccc(S(=O)(=O)NCCCOCCOC)o1. The van der Waals surface area contributed by atoms with Gasteiger partial charge in [-0.15, -0.1) is 0 Å². The first-order chi connectivity index (χ1) is 10.1. The molecule has 0 unspecified atom stereocenters. The predicted octanol–water partition coefficient (Wildman–Crippen LogP) is 0.721. The van der Waals surface area contributed by atoms with Crippen LogP contribution in [0.25, 0.3) is 0 Å². The number of ether oxygens (including phenoxy) is 2. The number of furan rings is 1. The van der Waals surface area contributed by atoms with Crippen LogP contribution in [0, 0.1) is 0 Å². The van der Waals surface area contributed by atoms with Crippen molar-refractivity contribution in [3.05, 3.63) is 17.9 Å². The molecular weight excluding hydrogens is 296 g/mol. The van der Waals surface area contributed by atoms with Gasteiger partial charge < -0.3 is 19.2 Å². The fourth-order valence-corrected chi connectivity index (χ4v) is 2.56. The summed E-state index contributed by atoms with van der Waals surface area (Å²) in [5.41, 5.74) is 0. The third-order valence-electron chi connectivity index (χ3n) is 2.64. The summed E-state index contributed by atoms with van der Waals surface area (Å²) in [6, 6.07) is 3.12. The van der Waals surface area contributed by atoms with Crippen molar-refractivity contribution in [2.75, 3.05) is 40.0 Å². The first-order valence-electron chi connectivity index (χ1n) is 6.96. The van der Waals surface area contributed by atoms with E-state index in [0.29, 0.717) is 45.1 Å². The number of nitrogens with one attached hydrogen (secondary N) is 2. The Labute approximate surface area is 126 Å². The van der Waals surface area contributed by atoms with E-state index in [2.05, 4.69) is 10.0 Å². The molecule has 1 aromatic heterocycles. The zero-order chi connectivity index (χ0) is 15.6. The van der Waals surface area contributed by atoms with Crippen molar-refractivity contribution in [2.24, 2.45) is 0 Å². The minimum Gasteiger partial charge on any atom is -0.447 e. The van der Waals surface area contributed by atoms with Gasteiger partial charge in [0.2, 0.25) is 5.09 Å². The molecule has 0 aliphatic rings. The largest absolute Gasteiger partial charge is 0.447 e. The molecule has 0 aliphatic heterocycles. The number of hydrogen-bond acceptors (Lipinski definition) is 6. The van der Waals surface area contributed by atoms with E-state index >= 15 is 0 Å². The molecule has 7 nitrogen and oxygen atoms in total. The van der Waals surface area contributed by atoms with Crippen molar-refractivity contribution in [3.8, 4) is 0 Å². The summed E-state index contributed by atoms with van der Waals surface area (Å²) in [7, 11) is -1.98. The molecule has 0 fully saturated rings. The number of methoxy groups -OCH3 is 1. The normalized spacial score (nSPS) is 11.9. The summed E-state index contributed by atoms with van der Waals surface area (Å²) < 4.78 is 41.8. The molecule has 1 rings (SSSR count). The predicted molar refractivity (Wildman–Crippen MR) is 78.6 cm³/mol. The summed E-state index contributed by atoms with van der Waals surface area (Å²) in [4.78, 5) is 0. The van der Waals surface area contributed by atoms with E-state index in [1.165, 1.54) is 6.07 Å². The van der Waals surface area contributed by atoms with Gasteiger partial charge in [0, 0.05) is 20.3 Å². The highest BCUT2D eigenvalue weighted by atomic mass is 32.2. The average molecular weight is 320 g/mol. The van der Waals surface area contributed by atoms with Gasteiger partial charge in [-0.3, -0.25) is 0 Å². The fraction of sp³-hybridized carbons (Fsp3) is 0.692. The number of hydrogen-bond donors (Lipinski definition) is 2. The first kappa shape index (κ1) is 18.1. The number of rotatable bonds is 12. The van der Waals surface area contributed by atoms with Crippen molar-refractivity contribution >= 4 is 10.0 Å². The second-order valence-electron chi connectivity index (χ2n) is 4.36. The van der Waals surface area contributed by atoms with Crippen LogP contribution in [0.1, 0.15) is 19.1 Å². The maximum Gasteiger partial charge on any atom is 0.273 e. The Morgan fingerprint density at radius 1 is 1.24 bits per heavy atom. The van der Waals surface area contributed by atoms with Gasteiger partial charge in [-0.05, 0) is 25.1 Å². The highest BCUT2D eigenvalue weighted by Crippen LogP contribution is 2.13. The highest BCUT2D eigenvalue weighted by molar-refractivity contribution is 7.89. The van der Waals surface area contributed by atoms with Crippen LogP contribution in [-0.4, -0.2) is 48.4 Å². The van der Waals surface area contributed by atoms with Crippen LogP contribution >= 0.6 is 0 Å². The molecule has 1 aromatic rings. The lowest BCUT2D eigenvalue weighted by atomic mass is 10.4. The third kappa shape index (κ3) is 7.05. The molecule has 8 heteroatoms. The summed E-state index contributed by atoms with van der Waals surface area (Å²) in [5.74, 6) is 0.597. The van der Waals surface area contributed by atoms with Gasteiger partial charge in [0.1, 0.15) is 5.76 Å². The molecule has 0 amide bonds. The smallest absolute Gasteiger partial charge is 0.273 e. The van der Waals surface area contributed by atoms with Crippen LogP contribution in [-0.2, 0) is 26.0 Å². The molecule has 0 radical (unpaired) electrons. The van der Waals surface area contributed by atoms with Gasteiger partial charge in [0.15, 0.2) is 0 Å². The van der Waals surface area contributed by atoms with Gasteiger partial charge in [0.25, 0.3) is 10.0 Å². The van der Waals surface area contributed by atoms with Gasteiger partial charge >= 0.3 is 0 Å². The maximum atomic E-state index is 12.0. The summed E-state index contributed by atoms with van der Waals surface area (Å²) >= 11 is 0. The molecule has 0 saturated heterocycles. The minimum absolute atomic E-state index is 0.0595. The molecule has 0 atom stereocenters. The van der Waals surface area contributed by atoms with Gasteiger partial charge in [-0.25, -0.2) is 13.1 Å². The summed E-state index contributed by atoms with van der Waals surface area (Å²) in [6.45, 7) is 5.11. The monoisotopic (exact) mass is 320 g/mol. The van der Waals surface area contributed by atoms with Crippen molar-refractivity contribution in [1.82, 2.24) is 10.0 Å². The molecule has 0 saturated carbocycles. The zero-order valence-corrected chi connectivity index (χ0v) is 13.4. The molecule has 21 heavy (non-hydrogen) atoms. The minimum atomic E-state index is -3.59. The van der Waals surface area contributed by atoms with E-state index in [-0.39, 0.29) is 5.09 Å². The van der Waals surface area contributed by atoms with Crippen LogP contribution in [0.5, 0.6) is 0 Å². The van der Waals surface area contributed by atoms with Crippen molar-refractivity contribution in [2.45, 2.75) is 25.0 Å². The van der Waals surface area contributed by atoms with E-state index in [1.54, 1.807) is 13.2 Å². The van der Waals surface area contributed by atoms with Crippen LogP contribution in [0.4, 0.5) is 0 Å². The Bertz CT molecular complexity index is 487. The molecular formula is C13H24N2O5S. The van der Waals surface area contributed by atoms with E-state index in [4.69, 9.17) is 13.9 Å². The molecule has 122 valence electrons. The summed E-state index contributed by atoms with van der Waals surface area (Å²) in [5, 5.41) is 3.01. The van der Waals surface area contributed by atoms with E-state index < -0.39 is 10.0 Å². The van der Waals surface area contributed by atoms with Crippen LogP contribution in [0.2, 0.25) is 0 Å². The Hall–Kier alpha value is -0.930. The lowest BCUT2D eigenvalue weighted by Gasteiger charge is -2.05. The van der Waals surface area contributed by atoms with Crippen LogP contribution < -0.4 is 10.0 Å². The van der Waals surface area contributed by atoms with Crippen molar-refractivity contribution in [1.29, 1.82) is 0 Å². The number of sulfonamides is 1. The standard InChI is InChI=1S/C13H24N2O5S/c1-3-14-11-12-5-6-13(20-12)21(16,17)15-7-4-8-19-10-9-18-2/h5-6,14-15H,3-4,7-11H2,1-2H3. The second-order valence-corrected chi connectivity index (χ2v) is 6.06. The third-order valence-corrected chi connectivity index (χ3v) is 3.97. The van der Waals surface area contributed by atoms with Crippen molar-refractivity contribution < 1.29 is 22.3 Å². The van der Waals surface area contributed by atoms with E-state index in [1.807, 2.05) is 6.92 Å². The lowest BCUT2D eigenvalue weighted by molar-refractivity contribution is 0.0699. The van der Waals surface area contributed by atoms with Gasteiger partial charge in [0.05, 0.1) is 19.8 Å². The molecule has 0 bridgehead atoms. The molecule has 0 spiro atoms. The maximum absolute atomic E-state index is 12.0. The Kier molecular flexibility index (Phi) is 8.55. The van der Waals surface area contributed by atoms with Crippen LogP contribution in [0.3, 0.4) is 0 Å². The fourth-order valence-electron chi connectivity index (χ4n) is 1.54. The van der Waals surface area contributed by atoms with E-state index in [9.17, 15) is 8.42 Å². The quantitative estimate of drug-likeness (QED) is 0.552. The zero-order valence-electron chi connectivity index (χ0n) is 12.6. The van der Waals surface area contributed by atoms with Crippen LogP contribution in [0.15, 0.2) is 21.6 Å². The average Bonchev–Trinajstić information content (AvgIpc) is 2.94. The molecule has 1 heterocycles. The molecule has 0 aromatic carbocycles. The van der Waals surface area contributed by atoms with E-state index in [0.717, 1.165) is 6.54 Å². The molecule has 0 aliphatic carbocycles. The Morgan fingerprint density at radius 2 is 2.05 bits per heavy atom. The topological polar surface area (TPSA) is 89.8 Å². The lowest BCUT2D eigenvalue weighted by Crippen LogP contribution is -2.25. The van der Waals surface area contributed by atoms with Crippen molar-refractivity contribution in [3.63, 3.8) is 0 Å². The van der Waals surface area contributed by atoms with Gasteiger partial charge in [-0.1, -0.05) is 6.92 Å². The van der Waals surface area contributed by atoms with Gasteiger partial charge in [-0.2, -0.15) is 0 Å². The second kappa shape index (κ2) is 9.91. The first-order valence-corrected chi connectivity index (χ1v) is 8.44. The molecule has 2 N–H and O–H groups in total. The summed E-state index contributed by atoms with van der Waals surface area (Å²) in [6.07, 6.45) is 0.591. The Balaban J connectivity index is 2.31.